The van der Waals surface area contributed by atoms with Gasteiger partial charge in [-0.2, -0.15) is 4.98 Å². The number of rotatable bonds is 7. The Morgan fingerprint density at radius 2 is 1.71 bits per heavy atom. The summed E-state index contributed by atoms with van der Waals surface area (Å²) >= 11 is 0. The maximum atomic E-state index is 13.4. The van der Waals surface area contributed by atoms with E-state index in [0.29, 0.717) is 43.7 Å². The Morgan fingerprint density at radius 3 is 2.35 bits per heavy atom. The third kappa shape index (κ3) is 5.60. The highest BCUT2D eigenvalue weighted by atomic mass is 19.3. The molecule has 3 aromatic rings. The van der Waals surface area contributed by atoms with Crippen LogP contribution >= 0.6 is 0 Å². The molecule has 4 rings (SSSR count). The minimum absolute atomic E-state index is 0.0476. The molecule has 0 aliphatic carbocycles. The largest absolute Gasteiger partial charge is 0.348 e. The van der Waals surface area contributed by atoms with Crippen LogP contribution < -0.4 is 10.9 Å². The van der Waals surface area contributed by atoms with Gasteiger partial charge in [0.25, 0.3) is 11.5 Å². The topological polar surface area (TPSA) is 63.1 Å². The summed E-state index contributed by atoms with van der Waals surface area (Å²) in [5.74, 6) is -1.72. The van der Waals surface area contributed by atoms with Gasteiger partial charge >= 0.3 is 0 Å². The highest BCUT2D eigenvalue weighted by Crippen LogP contribution is 2.28. The van der Waals surface area contributed by atoms with Crippen molar-refractivity contribution in [3.05, 3.63) is 63.6 Å². The van der Waals surface area contributed by atoms with Crippen molar-refractivity contribution < 1.29 is 8.78 Å². The SMILES string of the molecule is Cc1nc(N[C@@H](C)c2ccc(CN3CCC(F)(F)CC3)cc2)nc2c1ccc(=O)n2CC(C)C. The van der Waals surface area contributed by atoms with Gasteiger partial charge in [0.1, 0.15) is 5.65 Å². The van der Waals surface area contributed by atoms with E-state index < -0.39 is 5.92 Å². The molecule has 8 heteroatoms. The van der Waals surface area contributed by atoms with Crippen molar-refractivity contribution in [2.24, 2.45) is 5.92 Å². The van der Waals surface area contributed by atoms with Gasteiger partial charge in [0.05, 0.1) is 11.7 Å². The number of aryl methyl sites for hydroxylation is 1. The fourth-order valence-corrected chi connectivity index (χ4v) is 4.41. The zero-order valence-corrected chi connectivity index (χ0v) is 20.3. The number of fused-ring (bicyclic) bond motifs is 1. The summed E-state index contributed by atoms with van der Waals surface area (Å²) in [6.07, 6.45) is -0.134. The van der Waals surface area contributed by atoms with Crippen LogP contribution in [0.1, 0.15) is 56.5 Å². The molecule has 1 aliphatic rings. The van der Waals surface area contributed by atoms with Gasteiger partial charge in [-0.1, -0.05) is 38.1 Å². The van der Waals surface area contributed by atoms with Gasteiger partial charge in [-0.15, -0.1) is 0 Å². The highest BCUT2D eigenvalue weighted by Gasteiger charge is 2.33. The summed E-state index contributed by atoms with van der Waals surface area (Å²) in [5, 5.41) is 4.24. The van der Waals surface area contributed by atoms with Crippen molar-refractivity contribution >= 4 is 17.0 Å². The summed E-state index contributed by atoms with van der Waals surface area (Å²) in [5.41, 5.74) is 3.58. The number of likely N-dealkylation sites (tertiary alicyclic amines) is 1. The number of hydrogen-bond donors (Lipinski definition) is 1. The van der Waals surface area contributed by atoms with Crippen LogP contribution in [0.4, 0.5) is 14.7 Å². The third-order valence-corrected chi connectivity index (χ3v) is 6.40. The predicted octanol–water partition coefficient (Wildman–Crippen LogP) is 5.16. The number of halogens is 2. The number of pyridine rings is 1. The van der Waals surface area contributed by atoms with Gasteiger partial charge in [0, 0.05) is 50.5 Å². The summed E-state index contributed by atoms with van der Waals surface area (Å²) in [6, 6.07) is 11.5. The Kier molecular flexibility index (Phi) is 6.98. The summed E-state index contributed by atoms with van der Waals surface area (Å²) in [4.78, 5) is 23.9. The Bertz CT molecular complexity index is 1200. The first-order valence-electron chi connectivity index (χ1n) is 11.9. The van der Waals surface area contributed by atoms with Gasteiger partial charge in [0.2, 0.25) is 5.95 Å². The second-order valence-electron chi connectivity index (χ2n) is 9.79. The molecule has 34 heavy (non-hydrogen) atoms. The molecule has 2 aromatic heterocycles. The number of benzene rings is 1. The molecular weight excluding hydrogens is 436 g/mol. The molecule has 3 heterocycles. The van der Waals surface area contributed by atoms with E-state index in [1.165, 1.54) is 0 Å². The van der Waals surface area contributed by atoms with Crippen LogP contribution in [0.5, 0.6) is 0 Å². The first kappa shape index (κ1) is 24.3. The normalized spacial score (nSPS) is 17.3. The molecule has 6 nitrogen and oxygen atoms in total. The van der Waals surface area contributed by atoms with E-state index in [1.54, 1.807) is 16.7 Å². The van der Waals surface area contributed by atoms with Crippen LogP contribution in [-0.4, -0.2) is 38.4 Å². The summed E-state index contributed by atoms with van der Waals surface area (Å²) in [7, 11) is 0. The van der Waals surface area contributed by atoms with E-state index in [4.69, 9.17) is 4.98 Å². The quantitative estimate of drug-likeness (QED) is 0.518. The molecule has 1 N–H and O–H groups in total. The number of piperidine rings is 1. The van der Waals surface area contributed by atoms with Crippen LogP contribution in [0.3, 0.4) is 0 Å². The fourth-order valence-electron chi connectivity index (χ4n) is 4.41. The average molecular weight is 470 g/mol. The van der Waals surface area contributed by atoms with Gasteiger partial charge in [-0.25, -0.2) is 13.8 Å². The smallest absolute Gasteiger partial charge is 0.252 e. The predicted molar refractivity (Wildman–Crippen MR) is 131 cm³/mol. The minimum Gasteiger partial charge on any atom is -0.348 e. The molecule has 0 spiro atoms. The van der Waals surface area contributed by atoms with Crippen molar-refractivity contribution in [3.8, 4) is 0 Å². The Hall–Kier alpha value is -2.87. The van der Waals surface area contributed by atoms with Crippen molar-refractivity contribution in [3.63, 3.8) is 0 Å². The zero-order chi connectivity index (χ0) is 24.5. The van der Waals surface area contributed by atoms with E-state index in [-0.39, 0.29) is 24.4 Å². The molecule has 182 valence electrons. The van der Waals surface area contributed by atoms with Gasteiger partial charge in [-0.05, 0) is 37.0 Å². The van der Waals surface area contributed by atoms with Crippen LogP contribution in [0, 0.1) is 12.8 Å². The summed E-state index contributed by atoms with van der Waals surface area (Å²) < 4.78 is 28.5. The first-order valence-corrected chi connectivity index (χ1v) is 11.9. The Morgan fingerprint density at radius 1 is 1.03 bits per heavy atom. The standard InChI is InChI=1S/C26H33F2N5O/c1-17(2)15-33-23(34)10-9-22-19(4)30-25(31-24(22)33)29-18(3)21-7-5-20(6-8-21)16-32-13-11-26(27,28)12-14-32/h5-10,17-18H,11-16H2,1-4H3,(H,29,30,31)/t18-/m0/s1. The van der Waals surface area contributed by atoms with Crippen LogP contribution in [0.2, 0.25) is 0 Å². The van der Waals surface area contributed by atoms with E-state index in [0.717, 1.165) is 22.2 Å². The number of hydrogen-bond acceptors (Lipinski definition) is 5. The molecule has 1 fully saturated rings. The molecule has 1 atom stereocenters. The second-order valence-corrected chi connectivity index (χ2v) is 9.79. The Labute approximate surface area is 199 Å². The lowest BCUT2D eigenvalue weighted by Crippen LogP contribution is -2.38. The first-order chi connectivity index (χ1) is 16.1. The highest BCUT2D eigenvalue weighted by molar-refractivity contribution is 5.78. The molecule has 0 bridgehead atoms. The monoisotopic (exact) mass is 469 g/mol. The van der Waals surface area contributed by atoms with Crippen LogP contribution in [-0.2, 0) is 13.1 Å². The Balaban J connectivity index is 1.48. The number of alkyl halides is 2. The average Bonchev–Trinajstić information content (AvgIpc) is 2.77. The molecule has 1 aliphatic heterocycles. The molecule has 1 aromatic carbocycles. The van der Waals surface area contributed by atoms with E-state index in [1.807, 2.05) is 38.1 Å². The van der Waals surface area contributed by atoms with Crippen molar-refractivity contribution in [1.82, 2.24) is 19.4 Å². The molecule has 1 saturated heterocycles. The molecule has 0 unspecified atom stereocenters. The lowest BCUT2D eigenvalue weighted by atomic mass is 10.0. The molecule has 0 radical (unpaired) electrons. The number of anilines is 1. The van der Waals surface area contributed by atoms with Crippen LogP contribution in [0.25, 0.3) is 11.0 Å². The number of nitrogens with one attached hydrogen (secondary N) is 1. The lowest BCUT2D eigenvalue weighted by Gasteiger charge is -2.31. The number of aromatic nitrogens is 3. The molecule has 0 amide bonds. The maximum absolute atomic E-state index is 13.4. The van der Waals surface area contributed by atoms with E-state index in [2.05, 4.69) is 29.0 Å². The summed E-state index contributed by atoms with van der Waals surface area (Å²) in [6.45, 7) is 10.2. The van der Waals surface area contributed by atoms with Crippen molar-refractivity contribution in [2.45, 2.75) is 65.6 Å². The number of nitrogens with zero attached hydrogens (tertiary/aromatic N) is 4. The van der Waals surface area contributed by atoms with E-state index in [9.17, 15) is 13.6 Å². The van der Waals surface area contributed by atoms with E-state index >= 15 is 0 Å². The van der Waals surface area contributed by atoms with Crippen molar-refractivity contribution in [1.29, 1.82) is 0 Å². The zero-order valence-electron chi connectivity index (χ0n) is 20.3. The van der Waals surface area contributed by atoms with Crippen molar-refractivity contribution in [2.75, 3.05) is 18.4 Å². The van der Waals surface area contributed by atoms with Crippen LogP contribution in [0.15, 0.2) is 41.2 Å². The third-order valence-electron chi connectivity index (χ3n) is 6.40. The van der Waals surface area contributed by atoms with Gasteiger partial charge in [0.15, 0.2) is 0 Å². The lowest BCUT2D eigenvalue weighted by molar-refractivity contribution is -0.0566. The van der Waals surface area contributed by atoms with Gasteiger partial charge in [-0.3, -0.25) is 14.3 Å². The molecular formula is C26H33F2N5O. The molecule has 0 saturated carbocycles. The maximum Gasteiger partial charge on any atom is 0.252 e. The fraction of sp³-hybridized carbons (Fsp3) is 0.500. The van der Waals surface area contributed by atoms with Gasteiger partial charge < -0.3 is 5.32 Å². The minimum atomic E-state index is -2.52. The second kappa shape index (κ2) is 9.78.